The number of halogens is 2. The lowest BCUT2D eigenvalue weighted by Crippen LogP contribution is -2.14. The normalized spacial score (nSPS) is 10.3. The molecule has 184 valence electrons. The smallest absolute Gasteiger partial charge is 0.337 e. The van der Waals surface area contributed by atoms with Crippen molar-refractivity contribution in [3.05, 3.63) is 82.2 Å². The second-order valence-electron chi connectivity index (χ2n) is 8.45. The number of aryl methyl sites for hydroxylation is 2. The summed E-state index contributed by atoms with van der Waals surface area (Å²) < 4.78 is 10.9. The molecule has 0 fully saturated rings. The van der Waals surface area contributed by atoms with Gasteiger partial charge in [-0.15, -0.1) is 24.8 Å². The summed E-state index contributed by atoms with van der Waals surface area (Å²) in [6.45, 7) is 9.20. The van der Waals surface area contributed by atoms with Crippen LogP contribution >= 0.6 is 24.8 Å². The maximum atomic E-state index is 11.9. The van der Waals surface area contributed by atoms with Crippen molar-refractivity contribution in [1.29, 1.82) is 0 Å². The van der Waals surface area contributed by atoms with E-state index in [1.807, 2.05) is 13.0 Å². The zero-order chi connectivity index (χ0) is 23.3. The summed E-state index contributed by atoms with van der Waals surface area (Å²) in [5.41, 5.74) is 14.2. The molecule has 7 heteroatoms. The van der Waals surface area contributed by atoms with E-state index in [2.05, 4.69) is 45.0 Å². The Labute approximate surface area is 214 Å². The average Bonchev–Trinajstić information content (AvgIpc) is 2.78. The van der Waals surface area contributed by atoms with Gasteiger partial charge in [-0.25, -0.2) is 4.79 Å². The number of nitrogens with two attached hydrogens (primary N) is 1. The van der Waals surface area contributed by atoms with Gasteiger partial charge in [0.1, 0.15) is 12.4 Å². The van der Waals surface area contributed by atoms with Gasteiger partial charge in [-0.3, -0.25) is 4.98 Å². The van der Waals surface area contributed by atoms with E-state index in [0.717, 1.165) is 40.1 Å². The molecule has 0 aliphatic heterocycles. The molecule has 0 atom stereocenters. The van der Waals surface area contributed by atoms with Crippen LogP contribution < -0.4 is 10.5 Å². The van der Waals surface area contributed by atoms with Crippen molar-refractivity contribution >= 4 is 30.8 Å². The summed E-state index contributed by atoms with van der Waals surface area (Å²) in [7, 11) is 1.37. The lowest BCUT2D eigenvalue weighted by atomic mass is 9.90. The van der Waals surface area contributed by atoms with Crippen LogP contribution in [0.5, 0.6) is 5.75 Å². The van der Waals surface area contributed by atoms with E-state index >= 15 is 0 Å². The van der Waals surface area contributed by atoms with Crippen LogP contribution in [0.2, 0.25) is 0 Å². The van der Waals surface area contributed by atoms with Gasteiger partial charge in [0, 0.05) is 23.5 Å². The molecule has 0 saturated heterocycles. The Morgan fingerprint density at radius 3 is 2.29 bits per heavy atom. The molecule has 5 nitrogen and oxygen atoms in total. The maximum absolute atomic E-state index is 11.9. The number of rotatable bonds is 8. The number of aromatic nitrogens is 1. The number of pyridine rings is 1. The SMILES string of the molecule is COC(=O)c1cccc(OCc2c(C)nc(CC(C)C)c(CN)c2-c2ccc(C)cc2)c1.Cl.Cl. The number of methoxy groups -OCH3 is 1. The third kappa shape index (κ3) is 6.95. The zero-order valence-corrected chi connectivity index (χ0v) is 22.0. The molecule has 0 aliphatic rings. The van der Waals surface area contributed by atoms with E-state index in [-0.39, 0.29) is 24.8 Å². The molecule has 3 aromatic rings. The Hall–Kier alpha value is -2.60. The van der Waals surface area contributed by atoms with Gasteiger partial charge in [-0.05, 0) is 61.1 Å². The van der Waals surface area contributed by atoms with Crippen molar-refractivity contribution < 1.29 is 14.3 Å². The third-order valence-electron chi connectivity index (χ3n) is 5.48. The highest BCUT2D eigenvalue weighted by molar-refractivity contribution is 5.89. The molecule has 34 heavy (non-hydrogen) atoms. The minimum absolute atomic E-state index is 0. The predicted molar refractivity (Wildman–Crippen MR) is 142 cm³/mol. The fourth-order valence-electron chi connectivity index (χ4n) is 3.85. The standard InChI is InChI=1S/C27H32N2O3.2ClH/c1-17(2)13-25-23(15-28)26(20-11-9-18(3)10-12-20)24(19(4)29-25)16-32-22-8-6-7-21(14-22)27(30)31-5;;/h6-12,14,17H,13,15-16,28H2,1-5H3;2*1H. The molecule has 0 aliphatic carbocycles. The maximum Gasteiger partial charge on any atom is 0.337 e. The lowest BCUT2D eigenvalue weighted by molar-refractivity contribution is 0.0600. The fourth-order valence-corrected chi connectivity index (χ4v) is 3.85. The minimum atomic E-state index is -0.392. The van der Waals surface area contributed by atoms with Gasteiger partial charge in [0.2, 0.25) is 0 Å². The second kappa shape index (κ2) is 13.3. The number of ether oxygens (including phenoxy) is 2. The second-order valence-corrected chi connectivity index (χ2v) is 8.45. The molecule has 1 heterocycles. The number of hydrogen-bond acceptors (Lipinski definition) is 5. The van der Waals surface area contributed by atoms with Crippen molar-refractivity contribution in [2.24, 2.45) is 11.7 Å². The molecule has 3 rings (SSSR count). The molecule has 2 aromatic carbocycles. The van der Waals surface area contributed by atoms with Crippen LogP contribution in [-0.2, 0) is 24.3 Å². The first-order valence-corrected chi connectivity index (χ1v) is 10.9. The Bertz CT molecular complexity index is 1100. The molecule has 1 aromatic heterocycles. The van der Waals surface area contributed by atoms with E-state index < -0.39 is 5.97 Å². The summed E-state index contributed by atoms with van der Waals surface area (Å²) in [6.07, 6.45) is 0.870. The van der Waals surface area contributed by atoms with Gasteiger partial charge in [0.05, 0.1) is 12.7 Å². The highest BCUT2D eigenvalue weighted by Gasteiger charge is 2.20. The molecule has 0 saturated carbocycles. The number of carbonyl (C=O) groups is 1. The molecule has 0 amide bonds. The minimum Gasteiger partial charge on any atom is -0.489 e. The van der Waals surface area contributed by atoms with E-state index in [1.54, 1.807) is 18.2 Å². The molecular weight excluding hydrogens is 471 g/mol. The topological polar surface area (TPSA) is 74.4 Å². The first kappa shape index (κ1) is 29.4. The van der Waals surface area contributed by atoms with Gasteiger partial charge >= 0.3 is 5.97 Å². The van der Waals surface area contributed by atoms with E-state index in [4.69, 9.17) is 20.2 Å². The summed E-state index contributed by atoms with van der Waals surface area (Å²) in [4.78, 5) is 16.8. The third-order valence-corrected chi connectivity index (χ3v) is 5.48. The number of nitrogens with zero attached hydrogens (tertiary/aromatic N) is 1. The Balaban J connectivity index is 0.00000289. The van der Waals surface area contributed by atoms with Crippen LogP contribution in [0, 0.1) is 19.8 Å². The van der Waals surface area contributed by atoms with Crippen molar-refractivity contribution in [3.63, 3.8) is 0 Å². The number of carbonyl (C=O) groups excluding carboxylic acids is 1. The monoisotopic (exact) mass is 504 g/mol. The summed E-state index contributed by atoms with van der Waals surface area (Å²) in [5.74, 6) is 0.682. The number of hydrogen-bond donors (Lipinski definition) is 1. The first-order chi connectivity index (χ1) is 15.3. The van der Waals surface area contributed by atoms with Gasteiger partial charge < -0.3 is 15.2 Å². The van der Waals surface area contributed by atoms with Crippen molar-refractivity contribution in [2.45, 2.75) is 47.3 Å². The van der Waals surface area contributed by atoms with Crippen molar-refractivity contribution in [1.82, 2.24) is 4.98 Å². The number of benzene rings is 2. The van der Waals surface area contributed by atoms with Crippen LogP contribution in [0.25, 0.3) is 11.1 Å². The van der Waals surface area contributed by atoms with Crippen LogP contribution in [0.15, 0.2) is 48.5 Å². The van der Waals surface area contributed by atoms with Crippen LogP contribution in [0.1, 0.15) is 52.3 Å². The van der Waals surface area contributed by atoms with Crippen LogP contribution in [0.4, 0.5) is 0 Å². The van der Waals surface area contributed by atoms with E-state index in [0.29, 0.717) is 30.4 Å². The molecule has 2 N–H and O–H groups in total. The quantitative estimate of drug-likeness (QED) is 0.367. The van der Waals surface area contributed by atoms with Gasteiger partial charge in [-0.1, -0.05) is 49.7 Å². The molecule has 0 bridgehead atoms. The van der Waals surface area contributed by atoms with E-state index in [1.165, 1.54) is 12.7 Å². The lowest BCUT2D eigenvalue weighted by Gasteiger charge is -2.21. The molecular formula is C27H34Cl2N2O3. The Morgan fingerprint density at radius 1 is 1.03 bits per heavy atom. The van der Waals surface area contributed by atoms with Crippen molar-refractivity contribution in [3.8, 4) is 16.9 Å². The molecule has 0 radical (unpaired) electrons. The highest BCUT2D eigenvalue weighted by atomic mass is 35.5. The summed E-state index contributed by atoms with van der Waals surface area (Å²) in [6, 6.07) is 15.5. The van der Waals surface area contributed by atoms with Gasteiger partial charge in [0.15, 0.2) is 0 Å². The summed E-state index contributed by atoms with van der Waals surface area (Å²) in [5, 5.41) is 0. The Morgan fingerprint density at radius 2 is 1.71 bits per heavy atom. The fraction of sp³-hybridized carbons (Fsp3) is 0.333. The van der Waals surface area contributed by atoms with Crippen LogP contribution in [-0.4, -0.2) is 18.1 Å². The largest absolute Gasteiger partial charge is 0.489 e. The van der Waals surface area contributed by atoms with Crippen LogP contribution in [0.3, 0.4) is 0 Å². The average molecular weight is 505 g/mol. The van der Waals surface area contributed by atoms with E-state index in [9.17, 15) is 4.79 Å². The van der Waals surface area contributed by atoms with Gasteiger partial charge in [0.25, 0.3) is 0 Å². The molecule has 0 spiro atoms. The highest BCUT2D eigenvalue weighted by Crippen LogP contribution is 2.33. The Kier molecular flexibility index (Phi) is 11.5. The zero-order valence-electron chi connectivity index (χ0n) is 20.4. The summed E-state index contributed by atoms with van der Waals surface area (Å²) >= 11 is 0. The van der Waals surface area contributed by atoms with Gasteiger partial charge in [-0.2, -0.15) is 0 Å². The first-order valence-electron chi connectivity index (χ1n) is 10.9. The predicted octanol–water partition coefficient (Wildman–Crippen LogP) is 6.23. The van der Waals surface area contributed by atoms with Crippen molar-refractivity contribution in [2.75, 3.05) is 7.11 Å². The molecule has 0 unspecified atom stereocenters. The number of esters is 1.